The third-order valence-corrected chi connectivity index (χ3v) is 3.03. The quantitative estimate of drug-likeness (QED) is 0.624. The van der Waals surface area contributed by atoms with Gasteiger partial charge in [0.2, 0.25) is 5.91 Å². The van der Waals surface area contributed by atoms with Gasteiger partial charge in [0.15, 0.2) is 0 Å². The summed E-state index contributed by atoms with van der Waals surface area (Å²) in [6, 6.07) is 5.41. The number of carbonyl (C=O) groups excluding carboxylic acids is 1. The second-order valence-corrected chi connectivity index (χ2v) is 4.38. The van der Waals surface area contributed by atoms with Crippen molar-refractivity contribution >= 4 is 23.3 Å². The second kappa shape index (κ2) is 4.97. The van der Waals surface area contributed by atoms with Crippen molar-refractivity contribution in [3.05, 3.63) is 33.9 Å². The van der Waals surface area contributed by atoms with E-state index in [4.69, 9.17) is 10.4 Å². The van der Waals surface area contributed by atoms with Gasteiger partial charge in [-0.15, -0.1) is 0 Å². The lowest BCUT2D eigenvalue weighted by molar-refractivity contribution is -0.383. The van der Waals surface area contributed by atoms with Crippen molar-refractivity contribution in [2.24, 2.45) is 11.8 Å². The zero-order valence-corrected chi connectivity index (χ0v) is 10.1. The highest BCUT2D eigenvalue weighted by molar-refractivity contribution is 5.99. The molecule has 2 atom stereocenters. The summed E-state index contributed by atoms with van der Waals surface area (Å²) in [5.74, 6) is -3.01. The van der Waals surface area contributed by atoms with Crippen LogP contribution in [0.1, 0.15) is 12.0 Å². The highest BCUT2D eigenvalue weighted by atomic mass is 16.6. The third kappa shape index (κ3) is 2.56. The lowest BCUT2D eigenvalue weighted by Crippen LogP contribution is -2.17. The zero-order valence-electron chi connectivity index (χ0n) is 10.1. The molecule has 1 aromatic rings. The number of aliphatic carboxylic acids is 1. The van der Waals surface area contributed by atoms with E-state index in [1.54, 1.807) is 6.07 Å². The summed E-state index contributed by atoms with van der Waals surface area (Å²) in [5.41, 5.74) is -0.343. The van der Waals surface area contributed by atoms with Gasteiger partial charge < -0.3 is 10.4 Å². The van der Waals surface area contributed by atoms with Crippen molar-refractivity contribution in [2.75, 3.05) is 5.32 Å². The number of nitro groups is 1. The Morgan fingerprint density at radius 1 is 1.45 bits per heavy atom. The van der Waals surface area contributed by atoms with Gasteiger partial charge in [0.25, 0.3) is 5.69 Å². The Bertz CT molecular complexity index is 649. The Kier molecular flexibility index (Phi) is 3.35. The molecule has 2 N–H and O–H groups in total. The molecule has 8 nitrogen and oxygen atoms in total. The summed E-state index contributed by atoms with van der Waals surface area (Å²) < 4.78 is 0. The van der Waals surface area contributed by atoms with E-state index in [9.17, 15) is 19.7 Å². The first-order valence-corrected chi connectivity index (χ1v) is 5.66. The number of nitro benzene ring substituents is 1. The Morgan fingerprint density at radius 2 is 2.15 bits per heavy atom. The first-order valence-electron chi connectivity index (χ1n) is 5.66. The Labute approximate surface area is 112 Å². The number of hydrogen-bond acceptors (Lipinski definition) is 5. The standard InChI is InChI=1S/C12H9N3O5/c13-5-6-1-2-9(10(3-6)15(19)20)14-11(16)7-4-8(7)12(17)18/h1-3,7-8H,4H2,(H,14,16)(H,17,18)/t7-,8+/m1/s1. The maximum absolute atomic E-state index is 11.8. The molecule has 0 saturated heterocycles. The number of benzene rings is 1. The Morgan fingerprint density at radius 3 is 2.65 bits per heavy atom. The zero-order chi connectivity index (χ0) is 14.9. The van der Waals surface area contributed by atoms with Crippen LogP contribution in [0.15, 0.2) is 18.2 Å². The van der Waals surface area contributed by atoms with E-state index in [0.29, 0.717) is 0 Å². The number of nitriles is 1. The molecule has 0 aromatic heterocycles. The average Bonchev–Trinajstić information content (AvgIpc) is 3.19. The van der Waals surface area contributed by atoms with Gasteiger partial charge in [-0.05, 0) is 18.6 Å². The molecule has 0 heterocycles. The van der Waals surface area contributed by atoms with E-state index in [2.05, 4.69) is 5.32 Å². The van der Waals surface area contributed by atoms with E-state index in [0.717, 1.165) is 6.07 Å². The van der Waals surface area contributed by atoms with Crippen molar-refractivity contribution in [2.45, 2.75) is 6.42 Å². The second-order valence-electron chi connectivity index (χ2n) is 4.38. The largest absolute Gasteiger partial charge is 0.481 e. The van der Waals surface area contributed by atoms with Crippen LogP contribution in [0.2, 0.25) is 0 Å². The normalized spacial score (nSPS) is 19.8. The van der Waals surface area contributed by atoms with Crippen molar-refractivity contribution in [3.8, 4) is 6.07 Å². The summed E-state index contributed by atoms with van der Waals surface area (Å²) in [4.78, 5) is 32.6. The third-order valence-electron chi connectivity index (χ3n) is 3.03. The molecule has 2 rings (SSSR count). The van der Waals surface area contributed by atoms with Crippen LogP contribution < -0.4 is 5.32 Å². The van der Waals surface area contributed by atoms with Gasteiger partial charge >= 0.3 is 5.97 Å². The summed E-state index contributed by atoms with van der Waals surface area (Å²) in [7, 11) is 0. The molecule has 102 valence electrons. The van der Waals surface area contributed by atoms with Crippen LogP contribution in [-0.2, 0) is 9.59 Å². The molecule has 1 saturated carbocycles. The van der Waals surface area contributed by atoms with Crippen molar-refractivity contribution < 1.29 is 19.6 Å². The highest BCUT2D eigenvalue weighted by Gasteiger charge is 2.48. The summed E-state index contributed by atoms with van der Waals surface area (Å²) in [5, 5.41) is 30.6. The molecule has 0 radical (unpaired) electrons. The minimum Gasteiger partial charge on any atom is -0.481 e. The molecule has 0 aliphatic heterocycles. The van der Waals surface area contributed by atoms with Crippen LogP contribution in [-0.4, -0.2) is 21.9 Å². The number of anilines is 1. The van der Waals surface area contributed by atoms with Crippen molar-refractivity contribution in [1.82, 2.24) is 0 Å². The summed E-state index contributed by atoms with van der Waals surface area (Å²) in [6.45, 7) is 0. The van der Waals surface area contributed by atoms with E-state index in [1.807, 2.05) is 0 Å². The minimum atomic E-state index is -1.06. The Balaban J connectivity index is 2.18. The smallest absolute Gasteiger partial charge is 0.307 e. The fraction of sp³-hybridized carbons (Fsp3) is 0.250. The molecular formula is C12H9N3O5. The maximum atomic E-state index is 11.8. The lowest BCUT2D eigenvalue weighted by atomic mass is 10.2. The molecule has 1 amide bonds. The van der Waals surface area contributed by atoms with Crippen LogP contribution in [0.4, 0.5) is 11.4 Å². The van der Waals surface area contributed by atoms with Crippen LogP contribution in [0.3, 0.4) is 0 Å². The van der Waals surface area contributed by atoms with E-state index < -0.39 is 34.3 Å². The number of carboxylic acids is 1. The number of rotatable bonds is 4. The van der Waals surface area contributed by atoms with Crippen LogP contribution in [0.5, 0.6) is 0 Å². The first kappa shape index (κ1) is 13.5. The number of nitrogens with zero attached hydrogens (tertiary/aromatic N) is 2. The fourth-order valence-corrected chi connectivity index (χ4v) is 1.84. The molecule has 0 unspecified atom stereocenters. The van der Waals surface area contributed by atoms with Gasteiger partial charge in [-0.25, -0.2) is 0 Å². The summed E-state index contributed by atoms with van der Waals surface area (Å²) in [6.07, 6.45) is 0.227. The first-order chi connectivity index (χ1) is 9.43. The van der Waals surface area contributed by atoms with Crippen molar-refractivity contribution in [3.63, 3.8) is 0 Å². The molecule has 1 aliphatic rings. The van der Waals surface area contributed by atoms with E-state index >= 15 is 0 Å². The summed E-state index contributed by atoms with van der Waals surface area (Å²) >= 11 is 0. The monoisotopic (exact) mass is 275 g/mol. The molecule has 8 heteroatoms. The van der Waals surface area contributed by atoms with Gasteiger partial charge in [0.05, 0.1) is 28.4 Å². The van der Waals surface area contributed by atoms with Crippen LogP contribution in [0.25, 0.3) is 0 Å². The van der Waals surface area contributed by atoms with Gasteiger partial charge in [-0.1, -0.05) is 0 Å². The SMILES string of the molecule is N#Cc1ccc(NC(=O)[C@@H]2C[C@@H]2C(=O)O)c([N+](=O)[O-])c1. The number of amides is 1. The molecule has 0 spiro atoms. The van der Waals surface area contributed by atoms with Gasteiger partial charge in [-0.3, -0.25) is 19.7 Å². The van der Waals surface area contributed by atoms with Crippen LogP contribution in [0, 0.1) is 33.3 Å². The topological polar surface area (TPSA) is 133 Å². The number of hydrogen-bond donors (Lipinski definition) is 2. The number of carbonyl (C=O) groups is 2. The highest BCUT2D eigenvalue weighted by Crippen LogP contribution is 2.40. The van der Waals surface area contributed by atoms with Gasteiger partial charge in [0, 0.05) is 6.07 Å². The predicted octanol–water partition coefficient (Wildman–Crippen LogP) is 1.13. The molecule has 1 aliphatic carbocycles. The minimum absolute atomic E-state index is 0.0463. The molecule has 1 fully saturated rings. The van der Waals surface area contributed by atoms with Gasteiger partial charge in [0.1, 0.15) is 5.69 Å². The number of carboxylic acid groups (broad SMARTS) is 1. The molecule has 0 bridgehead atoms. The van der Waals surface area contributed by atoms with E-state index in [1.165, 1.54) is 12.1 Å². The molecule has 1 aromatic carbocycles. The van der Waals surface area contributed by atoms with Gasteiger partial charge in [-0.2, -0.15) is 5.26 Å². The molecular weight excluding hydrogens is 266 g/mol. The van der Waals surface area contributed by atoms with E-state index in [-0.39, 0.29) is 17.7 Å². The van der Waals surface area contributed by atoms with Crippen LogP contribution >= 0.6 is 0 Å². The molecule has 20 heavy (non-hydrogen) atoms. The number of nitrogens with one attached hydrogen (secondary N) is 1. The maximum Gasteiger partial charge on any atom is 0.307 e. The fourth-order valence-electron chi connectivity index (χ4n) is 1.84. The predicted molar refractivity (Wildman–Crippen MR) is 65.7 cm³/mol. The Hall–Kier alpha value is -2.95. The van der Waals surface area contributed by atoms with Crippen molar-refractivity contribution in [1.29, 1.82) is 5.26 Å². The average molecular weight is 275 g/mol. The lowest BCUT2D eigenvalue weighted by Gasteiger charge is -2.05.